The van der Waals surface area contributed by atoms with Crippen LogP contribution in [0.3, 0.4) is 0 Å². The fraction of sp³-hybridized carbons (Fsp3) is 0.276. The number of allylic oxidation sites excluding steroid dienone is 1. The smallest absolute Gasteiger partial charge is 0.410 e. The van der Waals surface area contributed by atoms with Crippen LogP contribution in [0, 0.1) is 6.92 Å². The summed E-state index contributed by atoms with van der Waals surface area (Å²) in [5.74, 6) is -0.163. The Hall–Kier alpha value is -3.35. The van der Waals surface area contributed by atoms with Gasteiger partial charge in [0.2, 0.25) is 0 Å². The predicted octanol–water partition coefficient (Wildman–Crippen LogP) is 7.56. The van der Waals surface area contributed by atoms with Crippen molar-refractivity contribution in [2.24, 2.45) is 0 Å². The van der Waals surface area contributed by atoms with Crippen molar-refractivity contribution >= 4 is 35.7 Å². The average molecular weight is 612 g/mol. The van der Waals surface area contributed by atoms with Gasteiger partial charge in [-0.05, 0) is 84.4 Å². The second kappa shape index (κ2) is 13.5. The number of hydrogen-bond donors (Lipinski definition) is 2. The second-order valence-corrected chi connectivity index (χ2v) is 11.4. The van der Waals surface area contributed by atoms with Crippen molar-refractivity contribution < 1.29 is 41.7 Å². The van der Waals surface area contributed by atoms with Gasteiger partial charge >= 0.3 is 12.1 Å². The number of hydrogen-bond acceptors (Lipinski definition) is 5. The van der Waals surface area contributed by atoms with E-state index in [2.05, 4.69) is 5.32 Å². The van der Waals surface area contributed by atoms with E-state index < -0.39 is 23.6 Å². The zero-order valence-electron chi connectivity index (χ0n) is 22.6. The molecule has 0 radical (unpaired) electrons. The van der Waals surface area contributed by atoms with Crippen molar-refractivity contribution in [3.05, 3.63) is 89.0 Å². The second-order valence-electron chi connectivity index (χ2n) is 9.14. The van der Waals surface area contributed by atoms with Crippen molar-refractivity contribution in [2.75, 3.05) is 12.4 Å². The Labute approximate surface area is 240 Å². The van der Waals surface area contributed by atoms with E-state index in [-0.39, 0.29) is 47.2 Å². The van der Waals surface area contributed by atoms with Gasteiger partial charge in [0.05, 0.1) is 7.11 Å². The number of ether oxygens (including phenoxy) is 3. The van der Waals surface area contributed by atoms with E-state index in [0.29, 0.717) is 17.1 Å². The molecule has 41 heavy (non-hydrogen) atoms. The molecule has 3 rings (SSSR count). The molecule has 0 bridgehead atoms. The maximum Gasteiger partial charge on any atom is 0.410 e. The topological polar surface area (TPSA) is 77.0 Å². The Morgan fingerprint density at radius 3 is 2.24 bits per heavy atom. The quantitative estimate of drug-likeness (QED) is 0.163. The standard InChI is InChI=1S/C29H31F4NO5P2/c1-4-25(27(35)36)38-26-13-18(6-5-17(26)2)16-34-24-14-21(39-29(33,40)41)11-12-22(24)23(15-28(30,31)32)19-7-9-20(37-3)10-8-19/h5-15,25,34H,4,16,40-41H2,1-3H3,(H,35,36)/b23-15+. The number of halogens is 4. The number of carboxylic acids is 1. The van der Waals surface area contributed by atoms with Crippen LogP contribution in [0.1, 0.15) is 35.6 Å². The first-order chi connectivity index (χ1) is 19.2. The molecule has 0 spiro atoms. The van der Waals surface area contributed by atoms with E-state index in [1.54, 1.807) is 44.2 Å². The normalized spacial score (nSPS) is 13.0. The van der Waals surface area contributed by atoms with Crippen LogP contribution in [-0.4, -0.2) is 35.8 Å². The molecule has 0 amide bonds. The molecule has 0 aliphatic rings. The van der Waals surface area contributed by atoms with Crippen LogP contribution < -0.4 is 19.5 Å². The fourth-order valence-electron chi connectivity index (χ4n) is 3.94. The lowest BCUT2D eigenvalue weighted by Crippen LogP contribution is -2.26. The van der Waals surface area contributed by atoms with E-state index in [1.165, 1.54) is 37.4 Å². The lowest BCUT2D eigenvalue weighted by Gasteiger charge is -2.21. The summed E-state index contributed by atoms with van der Waals surface area (Å²) in [6.07, 6.45) is -5.21. The first-order valence-electron chi connectivity index (χ1n) is 12.5. The van der Waals surface area contributed by atoms with Crippen LogP contribution in [0.2, 0.25) is 0 Å². The molecule has 0 aliphatic heterocycles. The number of nitrogens with one attached hydrogen (secondary N) is 1. The third-order valence-electron chi connectivity index (χ3n) is 5.92. The molecule has 3 atom stereocenters. The minimum Gasteiger partial charge on any atom is -0.497 e. The molecular weight excluding hydrogens is 580 g/mol. The van der Waals surface area contributed by atoms with E-state index in [9.17, 15) is 27.5 Å². The SMILES string of the molecule is CCC(Oc1cc(CNc2cc(OC(F)(P)P)ccc2/C(=C/C(F)(F)F)c2ccc(OC)cc2)ccc1C)C(=O)O. The molecule has 0 saturated heterocycles. The number of alkyl halides is 4. The number of rotatable bonds is 12. The van der Waals surface area contributed by atoms with E-state index in [0.717, 1.165) is 5.56 Å². The van der Waals surface area contributed by atoms with Crippen LogP contribution in [0.25, 0.3) is 5.57 Å². The van der Waals surface area contributed by atoms with Gasteiger partial charge in [-0.15, -0.1) is 0 Å². The number of carbonyl (C=O) groups is 1. The highest BCUT2D eigenvalue weighted by molar-refractivity contribution is 7.38. The van der Waals surface area contributed by atoms with Crippen LogP contribution >= 0.6 is 18.5 Å². The van der Waals surface area contributed by atoms with E-state index in [1.807, 2.05) is 18.5 Å². The molecule has 3 aromatic carbocycles. The van der Waals surface area contributed by atoms with Gasteiger partial charge in [-0.2, -0.15) is 17.6 Å². The lowest BCUT2D eigenvalue weighted by molar-refractivity contribution is -0.145. The number of benzene rings is 3. The van der Waals surface area contributed by atoms with Crippen LogP contribution in [0.4, 0.5) is 23.2 Å². The largest absolute Gasteiger partial charge is 0.497 e. The van der Waals surface area contributed by atoms with Gasteiger partial charge in [0.1, 0.15) is 17.2 Å². The van der Waals surface area contributed by atoms with Crippen LogP contribution in [0.15, 0.2) is 66.7 Å². The van der Waals surface area contributed by atoms with Gasteiger partial charge in [0, 0.05) is 29.9 Å². The molecule has 0 heterocycles. The molecule has 6 nitrogen and oxygen atoms in total. The lowest BCUT2D eigenvalue weighted by atomic mass is 9.95. The van der Waals surface area contributed by atoms with Crippen molar-refractivity contribution in [1.82, 2.24) is 0 Å². The summed E-state index contributed by atoms with van der Waals surface area (Å²) in [5.41, 5.74) is 1.98. The highest BCUT2D eigenvalue weighted by Gasteiger charge is 2.27. The molecule has 12 heteroatoms. The van der Waals surface area contributed by atoms with Gasteiger partial charge < -0.3 is 24.6 Å². The van der Waals surface area contributed by atoms with E-state index in [4.69, 9.17) is 14.2 Å². The minimum atomic E-state index is -4.64. The summed E-state index contributed by atoms with van der Waals surface area (Å²) in [6.45, 7) is 3.60. The highest BCUT2D eigenvalue weighted by Crippen LogP contribution is 2.39. The highest BCUT2D eigenvalue weighted by atomic mass is 31.1. The molecule has 0 aliphatic carbocycles. The van der Waals surface area contributed by atoms with Gasteiger partial charge in [0.15, 0.2) is 6.10 Å². The third kappa shape index (κ3) is 9.61. The molecule has 220 valence electrons. The number of methoxy groups -OCH3 is 1. The average Bonchev–Trinajstić information content (AvgIpc) is 2.89. The molecule has 3 unspecified atom stereocenters. The zero-order valence-corrected chi connectivity index (χ0v) is 24.9. The van der Waals surface area contributed by atoms with Crippen LogP contribution in [-0.2, 0) is 11.3 Å². The molecule has 0 saturated carbocycles. The Kier molecular flexibility index (Phi) is 10.6. The Balaban J connectivity index is 2.05. The predicted molar refractivity (Wildman–Crippen MR) is 157 cm³/mol. The zero-order chi connectivity index (χ0) is 30.4. The third-order valence-corrected chi connectivity index (χ3v) is 6.15. The van der Waals surface area contributed by atoms with E-state index >= 15 is 0 Å². The monoisotopic (exact) mass is 611 g/mol. The Morgan fingerprint density at radius 2 is 1.68 bits per heavy atom. The number of aryl methyl sites for hydroxylation is 1. The molecule has 0 fully saturated rings. The van der Waals surface area contributed by atoms with Gasteiger partial charge in [-0.25, -0.2) is 4.79 Å². The first kappa shape index (κ1) is 32.2. The molecule has 0 aromatic heterocycles. The number of carboxylic acid groups (broad SMARTS) is 1. The summed E-state index contributed by atoms with van der Waals surface area (Å²) in [7, 11) is 5.19. The van der Waals surface area contributed by atoms with Gasteiger partial charge in [-0.1, -0.05) is 31.2 Å². The van der Waals surface area contributed by atoms with Gasteiger partial charge in [0.25, 0.3) is 5.34 Å². The summed E-state index contributed by atoms with van der Waals surface area (Å²) in [5, 5.41) is 10.3. The Morgan fingerprint density at radius 1 is 1.02 bits per heavy atom. The molecule has 2 N–H and O–H groups in total. The minimum absolute atomic E-state index is 0.0741. The van der Waals surface area contributed by atoms with Crippen molar-refractivity contribution in [1.29, 1.82) is 0 Å². The molecule has 3 aromatic rings. The van der Waals surface area contributed by atoms with Crippen molar-refractivity contribution in [2.45, 2.75) is 44.4 Å². The fourth-order valence-corrected chi connectivity index (χ4v) is 4.21. The Bertz CT molecular complexity index is 1390. The summed E-state index contributed by atoms with van der Waals surface area (Å²) in [4.78, 5) is 11.5. The van der Waals surface area contributed by atoms with Gasteiger partial charge in [-0.3, -0.25) is 0 Å². The number of anilines is 1. The number of aliphatic carboxylic acids is 1. The summed E-state index contributed by atoms with van der Waals surface area (Å²) in [6, 6.07) is 15.6. The maximum atomic E-state index is 14.2. The van der Waals surface area contributed by atoms with Crippen LogP contribution in [0.5, 0.6) is 17.2 Å². The summed E-state index contributed by atoms with van der Waals surface area (Å²) >= 11 is 0. The maximum absolute atomic E-state index is 14.2. The van der Waals surface area contributed by atoms with Crippen molar-refractivity contribution in [3.63, 3.8) is 0 Å². The first-order valence-corrected chi connectivity index (χ1v) is 13.6. The summed E-state index contributed by atoms with van der Waals surface area (Å²) < 4.78 is 71.5. The van der Waals surface area contributed by atoms with Crippen molar-refractivity contribution in [3.8, 4) is 17.2 Å². The molecular formula is C29H31F4NO5P2.